The molecule has 0 radical (unpaired) electrons. The summed E-state index contributed by atoms with van der Waals surface area (Å²) < 4.78 is 0. The van der Waals surface area contributed by atoms with E-state index in [2.05, 4.69) is 24.4 Å². The molecule has 5 heteroatoms. The highest BCUT2D eigenvalue weighted by Crippen LogP contribution is 2.05. The van der Waals surface area contributed by atoms with Crippen LogP contribution in [-0.4, -0.2) is 29.6 Å². The molecule has 4 N–H and O–H groups in total. The second-order valence-corrected chi connectivity index (χ2v) is 6.36. The third-order valence-electron chi connectivity index (χ3n) is 4.00. The molecule has 5 nitrogen and oxygen atoms in total. The molecule has 0 saturated heterocycles. The van der Waals surface area contributed by atoms with Gasteiger partial charge in [0.05, 0.1) is 0 Å². The van der Waals surface area contributed by atoms with Crippen LogP contribution < -0.4 is 11.1 Å². The van der Waals surface area contributed by atoms with Gasteiger partial charge in [0.1, 0.15) is 6.04 Å². The molecular weight excluding hydrogens is 304 g/mol. The predicted octanol–water partition coefficient (Wildman–Crippen LogP) is 3.77. The molecule has 0 aromatic rings. The third kappa shape index (κ3) is 15.5. The minimum atomic E-state index is -0.964. The zero-order chi connectivity index (χ0) is 18.0. The van der Waals surface area contributed by atoms with Gasteiger partial charge in [0, 0.05) is 13.0 Å². The fourth-order valence-electron chi connectivity index (χ4n) is 2.40. The lowest BCUT2D eigenvalue weighted by Gasteiger charge is -2.07. The summed E-state index contributed by atoms with van der Waals surface area (Å²) in [7, 11) is 0. The van der Waals surface area contributed by atoms with Crippen molar-refractivity contribution in [3.8, 4) is 0 Å². The van der Waals surface area contributed by atoms with E-state index < -0.39 is 12.0 Å². The first kappa shape index (κ1) is 22.6. The van der Waals surface area contributed by atoms with Crippen molar-refractivity contribution in [2.45, 2.75) is 90.0 Å². The van der Waals surface area contributed by atoms with E-state index in [0.717, 1.165) is 32.1 Å². The molecule has 0 saturated carbocycles. The summed E-state index contributed by atoms with van der Waals surface area (Å²) >= 11 is 0. The van der Waals surface area contributed by atoms with Crippen LogP contribution in [0.5, 0.6) is 0 Å². The summed E-state index contributed by atoms with van der Waals surface area (Å²) in [5.41, 5.74) is 5.41. The first-order chi connectivity index (χ1) is 11.6. The molecule has 0 spiro atoms. The van der Waals surface area contributed by atoms with Gasteiger partial charge in [-0.1, -0.05) is 38.3 Å². The maximum Gasteiger partial charge on any atom is 0.320 e. The Balaban J connectivity index is 3.35. The Kier molecular flexibility index (Phi) is 15.6. The van der Waals surface area contributed by atoms with Crippen molar-refractivity contribution in [3.63, 3.8) is 0 Å². The van der Waals surface area contributed by atoms with Gasteiger partial charge in [-0.15, -0.1) is 0 Å². The molecule has 0 heterocycles. The summed E-state index contributed by atoms with van der Waals surface area (Å²) in [6.07, 6.45) is 16.4. The average molecular weight is 341 g/mol. The molecule has 140 valence electrons. The summed E-state index contributed by atoms with van der Waals surface area (Å²) in [6, 6.07) is -0.791. The van der Waals surface area contributed by atoms with Gasteiger partial charge in [0.15, 0.2) is 0 Å². The quantitative estimate of drug-likeness (QED) is 0.294. The van der Waals surface area contributed by atoms with Crippen LogP contribution in [0.1, 0.15) is 84.0 Å². The van der Waals surface area contributed by atoms with Crippen molar-refractivity contribution in [1.82, 2.24) is 5.32 Å². The van der Waals surface area contributed by atoms with E-state index in [1.54, 1.807) is 0 Å². The number of aliphatic carboxylic acids is 1. The molecule has 0 aliphatic heterocycles. The molecule has 0 rings (SSSR count). The molecule has 0 aromatic carbocycles. The highest BCUT2D eigenvalue weighted by molar-refractivity contribution is 5.75. The Hall–Kier alpha value is -1.36. The van der Waals surface area contributed by atoms with E-state index in [4.69, 9.17) is 10.8 Å². The van der Waals surface area contributed by atoms with Crippen molar-refractivity contribution in [3.05, 3.63) is 12.2 Å². The van der Waals surface area contributed by atoms with E-state index in [0.29, 0.717) is 19.4 Å². The number of allylic oxidation sites excluding steroid dienone is 2. The average Bonchev–Trinajstić information content (AvgIpc) is 2.55. The highest BCUT2D eigenvalue weighted by Gasteiger charge is 2.10. The lowest BCUT2D eigenvalue weighted by atomic mass is 10.1. The zero-order valence-electron chi connectivity index (χ0n) is 15.3. The lowest BCUT2D eigenvalue weighted by Crippen LogP contribution is -2.30. The van der Waals surface area contributed by atoms with E-state index >= 15 is 0 Å². The number of carboxylic acids is 1. The Morgan fingerprint density at radius 2 is 1.67 bits per heavy atom. The summed E-state index contributed by atoms with van der Waals surface area (Å²) in [6.45, 7) is 2.82. The molecule has 24 heavy (non-hydrogen) atoms. The molecule has 0 unspecified atom stereocenters. The Labute approximate surface area is 147 Å². The first-order valence-electron chi connectivity index (χ1n) is 9.48. The maximum atomic E-state index is 11.6. The number of nitrogens with one attached hydrogen (secondary N) is 1. The SMILES string of the molecule is CCCCCC/C=C/CCCCC(=O)NCCCC[C@H](N)C(=O)O. The van der Waals surface area contributed by atoms with Crippen LogP contribution in [0.2, 0.25) is 0 Å². The van der Waals surface area contributed by atoms with E-state index in [-0.39, 0.29) is 5.91 Å². The Morgan fingerprint density at radius 1 is 1.00 bits per heavy atom. The van der Waals surface area contributed by atoms with Crippen LogP contribution in [0.3, 0.4) is 0 Å². The standard InChI is InChI=1S/C19H36N2O3/c1-2-3-4-5-6-7-8-9-10-11-15-18(22)21-16-13-12-14-17(20)19(23)24/h7-8,17H,2-6,9-16,20H2,1H3,(H,21,22)(H,23,24)/b8-7+/t17-/m0/s1. The van der Waals surface area contributed by atoms with Crippen molar-refractivity contribution in [1.29, 1.82) is 0 Å². The van der Waals surface area contributed by atoms with E-state index in [9.17, 15) is 9.59 Å². The number of unbranched alkanes of at least 4 members (excludes halogenated alkanes) is 7. The maximum absolute atomic E-state index is 11.6. The summed E-state index contributed by atoms with van der Waals surface area (Å²) in [4.78, 5) is 22.2. The van der Waals surface area contributed by atoms with E-state index in [1.807, 2.05) is 0 Å². The van der Waals surface area contributed by atoms with Crippen LogP contribution >= 0.6 is 0 Å². The smallest absolute Gasteiger partial charge is 0.320 e. The van der Waals surface area contributed by atoms with Crippen molar-refractivity contribution < 1.29 is 14.7 Å². The van der Waals surface area contributed by atoms with Gasteiger partial charge in [-0.2, -0.15) is 0 Å². The third-order valence-corrected chi connectivity index (χ3v) is 4.00. The molecule has 0 fully saturated rings. The molecule has 1 amide bonds. The van der Waals surface area contributed by atoms with Crippen LogP contribution in [0, 0.1) is 0 Å². The second kappa shape index (κ2) is 16.5. The summed E-state index contributed by atoms with van der Waals surface area (Å²) in [5, 5.41) is 11.5. The van der Waals surface area contributed by atoms with Crippen LogP contribution in [0.4, 0.5) is 0 Å². The largest absolute Gasteiger partial charge is 0.480 e. The number of carboxylic acid groups (broad SMARTS) is 1. The second-order valence-electron chi connectivity index (χ2n) is 6.36. The zero-order valence-corrected chi connectivity index (χ0v) is 15.3. The Morgan fingerprint density at radius 3 is 2.29 bits per heavy atom. The van der Waals surface area contributed by atoms with Crippen LogP contribution in [0.25, 0.3) is 0 Å². The molecule has 0 bridgehead atoms. The highest BCUT2D eigenvalue weighted by atomic mass is 16.4. The topological polar surface area (TPSA) is 92.4 Å². The monoisotopic (exact) mass is 340 g/mol. The number of hydrogen-bond acceptors (Lipinski definition) is 3. The fourth-order valence-corrected chi connectivity index (χ4v) is 2.40. The number of carbonyl (C=O) groups is 2. The number of carbonyl (C=O) groups excluding carboxylic acids is 1. The van der Waals surface area contributed by atoms with Crippen LogP contribution in [0.15, 0.2) is 12.2 Å². The van der Waals surface area contributed by atoms with Gasteiger partial charge >= 0.3 is 5.97 Å². The molecule has 1 atom stereocenters. The van der Waals surface area contributed by atoms with Gasteiger partial charge in [-0.05, 0) is 51.4 Å². The van der Waals surface area contributed by atoms with Gasteiger partial charge in [0.2, 0.25) is 5.91 Å². The van der Waals surface area contributed by atoms with Gasteiger partial charge < -0.3 is 16.2 Å². The molecule has 0 aromatic heterocycles. The Bertz CT molecular complexity index is 357. The van der Waals surface area contributed by atoms with Gasteiger partial charge in [-0.3, -0.25) is 9.59 Å². The predicted molar refractivity (Wildman–Crippen MR) is 98.8 cm³/mol. The minimum absolute atomic E-state index is 0.0843. The number of hydrogen-bond donors (Lipinski definition) is 3. The van der Waals surface area contributed by atoms with Crippen molar-refractivity contribution in [2.24, 2.45) is 5.73 Å². The minimum Gasteiger partial charge on any atom is -0.480 e. The number of amides is 1. The van der Waals surface area contributed by atoms with Crippen molar-refractivity contribution in [2.75, 3.05) is 6.54 Å². The molecule has 0 aliphatic rings. The lowest BCUT2D eigenvalue weighted by molar-refractivity contribution is -0.138. The summed E-state index contributed by atoms with van der Waals surface area (Å²) in [5.74, 6) is -0.880. The van der Waals surface area contributed by atoms with E-state index in [1.165, 1.54) is 32.1 Å². The molecular formula is C19H36N2O3. The first-order valence-corrected chi connectivity index (χ1v) is 9.48. The van der Waals surface area contributed by atoms with Gasteiger partial charge in [0.25, 0.3) is 0 Å². The molecule has 0 aliphatic carbocycles. The fraction of sp³-hybridized carbons (Fsp3) is 0.789. The van der Waals surface area contributed by atoms with Crippen molar-refractivity contribution >= 4 is 11.9 Å². The van der Waals surface area contributed by atoms with Crippen LogP contribution in [-0.2, 0) is 9.59 Å². The van der Waals surface area contributed by atoms with Gasteiger partial charge in [-0.25, -0.2) is 0 Å². The number of rotatable bonds is 16. The number of nitrogens with two attached hydrogens (primary N) is 1. The normalized spacial score (nSPS) is 12.4.